The molecule has 0 bridgehead atoms. The van der Waals surface area contributed by atoms with Gasteiger partial charge in [0.05, 0.1) is 19.8 Å². The number of rotatable bonds is 9. The van der Waals surface area contributed by atoms with Gasteiger partial charge in [-0.25, -0.2) is 4.99 Å². The van der Waals surface area contributed by atoms with E-state index in [1.165, 1.54) is 0 Å². The van der Waals surface area contributed by atoms with Crippen LogP contribution in [0.3, 0.4) is 0 Å². The van der Waals surface area contributed by atoms with Crippen LogP contribution < -0.4 is 15.8 Å². The fourth-order valence-electron chi connectivity index (χ4n) is 4.18. The summed E-state index contributed by atoms with van der Waals surface area (Å²) in [5.41, 5.74) is 6.49. The molecule has 8 nitrogen and oxygen atoms in total. The molecule has 1 atom stereocenters. The van der Waals surface area contributed by atoms with E-state index in [1.807, 2.05) is 18.2 Å². The van der Waals surface area contributed by atoms with E-state index in [0.717, 1.165) is 82.6 Å². The van der Waals surface area contributed by atoms with Crippen molar-refractivity contribution in [2.24, 2.45) is 16.6 Å². The predicted octanol–water partition coefficient (Wildman–Crippen LogP) is 2.07. The number of morpholine rings is 1. The molecule has 2 aliphatic rings. The number of amides is 1. The van der Waals surface area contributed by atoms with Gasteiger partial charge in [0.25, 0.3) is 0 Å². The number of likely N-dealkylation sites (tertiary alicyclic amines) is 1. The second kappa shape index (κ2) is 14.5. The molecule has 0 saturated carbocycles. The summed E-state index contributed by atoms with van der Waals surface area (Å²) in [4.78, 5) is 20.8. The van der Waals surface area contributed by atoms with Gasteiger partial charge in [-0.15, -0.1) is 24.0 Å². The van der Waals surface area contributed by atoms with Crippen molar-refractivity contribution in [3.8, 4) is 5.75 Å². The van der Waals surface area contributed by atoms with Crippen LogP contribution in [0.2, 0.25) is 0 Å². The molecule has 1 unspecified atom stereocenters. The molecular weight excluding hydrogens is 521 g/mol. The Labute approximate surface area is 208 Å². The van der Waals surface area contributed by atoms with E-state index in [0.29, 0.717) is 25.5 Å². The first-order chi connectivity index (χ1) is 15.2. The molecule has 0 radical (unpaired) electrons. The van der Waals surface area contributed by atoms with Gasteiger partial charge in [0.1, 0.15) is 12.4 Å². The average molecular weight is 559 g/mol. The zero-order valence-electron chi connectivity index (χ0n) is 19.1. The number of benzene rings is 1. The number of ether oxygens (including phenoxy) is 2. The Balaban J connectivity index is 0.00000363. The summed E-state index contributed by atoms with van der Waals surface area (Å²) in [6.45, 7) is 10.3. The Morgan fingerprint density at radius 1 is 1.28 bits per heavy atom. The fourth-order valence-corrected chi connectivity index (χ4v) is 4.18. The third-order valence-corrected chi connectivity index (χ3v) is 5.78. The summed E-state index contributed by atoms with van der Waals surface area (Å²) < 4.78 is 11.5. The van der Waals surface area contributed by atoms with Crippen LogP contribution in [0, 0.1) is 5.92 Å². The van der Waals surface area contributed by atoms with Crippen LogP contribution in [-0.4, -0.2) is 80.8 Å². The average Bonchev–Trinajstić information content (AvgIpc) is 2.78. The molecule has 3 rings (SSSR count). The number of hydrogen-bond donors (Lipinski definition) is 2. The highest BCUT2D eigenvalue weighted by molar-refractivity contribution is 14.0. The Hall–Kier alpha value is -1.59. The Bertz CT molecular complexity index is 727. The maximum absolute atomic E-state index is 11.3. The first-order valence-corrected chi connectivity index (χ1v) is 11.5. The van der Waals surface area contributed by atoms with Crippen LogP contribution in [0.1, 0.15) is 31.7 Å². The molecule has 180 valence electrons. The van der Waals surface area contributed by atoms with Crippen molar-refractivity contribution in [2.45, 2.75) is 32.7 Å². The number of carbonyl (C=O) groups is 1. The molecule has 2 saturated heterocycles. The first kappa shape index (κ1) is 26.7. The number of aliphatic imine (C=N–C) groups is 1. The topological polar surface area (TPSA) is 92.4 Å². The largest absolute Gasteiger partial charge is 0.492 e. The zero-order chi connectivity index (χ0) is 21.9. The van der Waals surface area contributed by atoms with Crippen LogP contribution in [0.5, 0.6) is 5.75 Å². The molecule has 1 aromatic rings. The van der Waals surface area contributed by atoms with Gasteiger partial charge in [-0.3, -0.25) is 9.69 Å². The molecule has 2 heterocycles. The minimum absolute atomic E-state index is 0. The maximum Gasteiger partial charge on any atom is 0.217 e. The lowest BCUT2D eigenvalue weighted by Crippen LogP contribution is -2.47. The highest BCUT2D eigenvalue weighted by atomic mass is 127. The second-order valence-corrected chi connectivity index (χ2v) is 8.21. The van der Waals surface area contributed by atoms with Gasteiger partial charge in [-0.1, -0.05) is 18.2 Å². The number of guanidine groups is 1. The number of halogens is 1. The van der Waals surface area contributed by atoms with Gasteiger partial charge in [0, 0.05) is 51.3 Å². The minimum Gasteiger partial charge on any atom is -0.492 e. The molecular formula is C23H38IN5O3. The van der Waals surface area contributed by atoms with Crippen LogP contribution in [0.25, 0.3) is 0 Å². The number of para-hydroxylation sites is 1. The van der Waals surface area contributed by atoms with Gasteiger partial charge in [-0.2, -0.15) is 0 Å². The SMILES string of the molecule is CCNC(=NCc1ccccc1OCCN1CCOCC1)N1CCCC(CC(N)=O)C1.I. The maximum atomic E-state index is 11.3. The van der Waals surface area contributed by atoms with Gasteiger partial charge < -0.3 is 25.4 Å². The van der Waals surface area contributed by atoms with E-state index < -0.39 is 0 Å². The van der Waals surface area contributed by atoms with Gasteiger partial charge in [0.15, 0.2) is 5.96 Å². The summed E-state index contributed by atoms with van der Waals surface area (Å²) in [5.74, 6) is 1.85. The zero-order valence-corrected chi connectivity index (χ0v) is 21.5. The van der Waals surface area contributed by atoms with Crippen molar-refractivity contribution in [1.29, 1.82) is 0 Å². The molecule has 9 heteroatoms. The third kappa shape index (κ3) is 8.74. The number of hydrogen-bond acceptors (Lipinski definition) is 5. The van der Waals surface area contributed by atoms with Crippen molar-refractivity contribution in [1.82, 2.24) is 15.1 Å². The highest BCUT2D eigenvalue weighted by Crippen LogP contribution is 2.21. The number of nitrogens with two attached hydrogens (primary N) is 1. The number of nitrogens with zero attached hydrogens (tertiary/aromatic N) is 3. The number of primary amides is 1. The van der Waals surface area contributed by atoms with Gasteiger partial charge in [0.2, 0.25) is 5.91 Å². The molecule has 2 fully saturated rings. The highest BCUT2D eigenvalue weighted by Gasteiger charge is 2.23. The second-order valence-electron chi connectivity index (χ2n) is 8.21. The third-order valence-electron chi connectivity index (χ3n) is 5.78. The van der Waals surface area contributed by atoms with Crippen molar-refractivity contribution in [2.75, 3.05) is 59.1 Å². The summed E-state index contributed by atoms with van der Waals surface area (Å²) in [6.07, 6.45) is 2.53. The molecule has 32 heavy (non-hydrogen) atoms. The summed E-state index contributed by atoms with van der Waals surface area (Å²) in [7, 11) is 0. The van der Waals surface area contributed by atoms with Crippen molar-refractivity contribution in [3.05, 3.63) is 29.8 Å². The van der Waals surface area contributed by atoms with E-state index in [-0.39, 0.29) is 29.9 Å². The molecule has 0 spiro atoms. The number of carbonyl (C=O) groups excluding carboxylic acids is 1. The molecule has 0 aliphatic carbocycles. The smallest absolute Gasteiger partial charge is 0.217 e. The minimum atomic E-state index is -0.225. The lowest BCUT2D eigenvalue weighted by molar-refractivity contribution is -0.119. The molecule has 2 aliphatic heterocycles. The van der Waals surface area contributed by atoms with Crippen LogP contribution in [-0.2, 0) is 16.1 Å². The molecule has 3 N–H and O–H groups in total. The molecule has 0 aromatic heterocycles. The standard InChI is InChI=1S/C23H37N5O3.HI/c1-2-25-23(28-9-5-6-19(18-28)16-22(24)29)26-17-20-7-3-4-8-21(20)31-15-12-27-10-13-30-14-11-27;/h3-4,7-8,19H,2,5-6,9-18H2,1H3,(H2,24,29)(H,25,26);1H. The summed E-state index contributed by atoms with van der Waals surface area (Å²) in [5, 5.41) is 3.40. The summed E-state index contributed by atoms with van der Waals surface area (Å²) >= 11 is 0. The fraction of sp³-hybridized carbons (Fsp3) is 0.652. The Morgan fingerprint density at radius 2 is 2.06 bits per heavy atom. The normalized spacial score (nSPS) is 19.8. The lowest BCUT2D eigenvalue weighted by atomic mass is 9.95. The van der Waals surface area contributed by atoms with Crippen molar-refractivity contribution >= 4 is 35.8 Å². The van der Waals surface area contributed by atoms with Crippen molar-refractivity contribution in [3.63, 3.8) is 0 Å². The van der Waals surface area contributed by atoms with E-state index in [2.05, 4.69) is 28.1 Å². The molecule has 1 aromatic carbocycles. The van der Waals surface area contributed by atoms with E-state index >= 15 is 0 Å². The molecule has 1 amide bonds. The van der Waals surface area contributed by atoms with Gasteiger partial charge >= 0.3 is 0 Å². The van der Waals surface area contributed by atoms with Gasteiger partial charge in [-0.05, 0) is 31.7 Å². The number of nitrogens with one attached hydrogen (secondary N) is 1. The quantitative estimate of drug-likeness (QED) is 0.274. The van der Waals surface area contributed by atoms with Crippen LogP contribution >= 0.6 is 24.0 Å². The van der Waals surface area contributed by atoms with Crippen LogP contribution in [0.4, 0.5) is 0 Å². The van der Waals surface area contributed by atoms with E-state index in [1.54, 1.807) is 0 Å². The predicted molar refractivity (Wildman–Crippen MR) is 138 cm³/mol. The van der Waals surface area contributed by atoms with Crippen LogP contribution in [0.15, 0.2) is 29.3 Å². The first-order valence-electron chi connectivity index (χ1n) is 11.5. The summed E-state index contributed by atoms with van der Waals surface area (Å²) in [6, 6.07) is 8.11. The Kier molecular flexibility index (Phi) is 12.1. The van der Waals surface area contributed by atoms with E-state index in [4.69, 9.17) is 20.2 Å². The monoisotopic (exact) mass is 559 g/mol. The number of piperidine rings is 1. The Morgan fingerprint density at radius 3 is 2.81 bits per heavy atom. The van der Waals surface area contributed by atoms with E-state index in [9.17, 15) is 4.79 Å². The lowest BCUT2D eigenvalue weighted by Gasteiger charge is -2.34. The van der Waals surface area contributed by atoms with Crippen molar-refractivity contribution < 1.29 is 14.3 Å².